The predicted octanol–water partition coefficient (Wildman–Crippen LogP) is 1.37. The van der Waals surface area contributed by atoms with Crippen molar-refractivity contribution in [2.75, 3.05) is 6.54 Å². The third-order valence-corrected chi connectivity index (χ3v) is 2.45. The third kappa shape index (κ3) is 2.64. The van der Waals surface area contributed by atoms with Gasteiger partial charge in [0, 0.05) is 12.1 Å². The smallest absolute Gasteiger partial charge is 0.317 e. The maximum absolute atomic E-state index is 10.4. The van der Waals surface area contributed by atoms with Crippen LogP contribution in [0.15, 0.2) is 0 Å². The van der Waals surface area contributed by atoms with E-state index in [1.807, 2.05) is 4.90 Å². The fourth-order valence-electron chi connectivity index (χ4n) is 1.72. The first kappa shape index (κ1) is 11.7. The van der Waals surface area contributed by atoms with Crippen molar-refractivity contribution in [2.45, 2.75) is 38.8 Å². The second kappa shape index (κ2) is 4.67. The van der Waals surface area contributed by atoms with E-state index >= 15 is 0 Å². The van der Waals surface area contributed by atoms with Gasteiger partial charge in [0.1, 0.15) is 0 Å². The van der Waals surface area contributed by atoms with Crippen LogP contribution in [0.4, 0.5) is 0 Å². The van der Waals surface area contributed by atoms with E-state index < -0.39 is 5.97 Å². The van der Waals surface area contributed by atoms with Crippen LogP contribution < -0.4 is 0 Å². The van der Waals surface area contributed by atoms with Gasteiger partial charge in [-0.2, -0.15) is 0 Å². The van der Waals surface area contributed by atoms with Crippen LogP contribution in [0.1, 0.15) is 26.7 Å². The predicted molar refractivity (Wildman–Crippen MR) is 49.7 cm³/mol. The normalized spacial score (nSPS) is 29.8. The van der Waals surface area contributed by atoms with Crippen molar-refractivity contribution in [2.24, 2.45) is 0 Å². The summed E-state index contributed by atoms with van der Waals surface area (Å²) in [5, 5.41) is 8.57. The van der Waals surface area contributed by atoms with Crippen LogP contribution in [0.3, 0.4) is 0 Å². The molecule has 1 rings (SSSR count). The van der Waals surface area contributed by atoms with E-state index in [9.17, 15) is 4.79 Å². The van der Waals surface area contributed by atoms with Crippen molar-refractivity contribution in [3.8, 4) is 0 Å². The Morgan fingerprint density at radius 2 is 1.83 bits per heavy atom. The molecule has 0 aliphatic carbocycles. The molecule has 12 heavy (non-hydrogen) atoms. The van der Waals surface area contributed by atoms with Gasteiger partial charge < -0.3 is 5.11 Å². The van der Waals surface area contributed by atoms with Crippen LogP contribution in [0.25, 0.3) is 0 Å². The molecule has 72 valence electrons. The van der Waals surface area contributed by atoms with Gasteiger partial charge in [-0.15, -0.1) is 12.4 Å². The molecule has 0 aromatic carbocycles. The fourth-order valence-corrected chi connectivity index (χ4v) is 1.72. The van der Waals surface area contributed by atoms with Crippen LogP contribution >= 0.6 is 12.4 Å². The third-order valence-electron chi connectivity index (χ3n) is 2.45. The lowest BCUT2D eigenvalue weighted by atomic mass is 10.2. The number of likely N-dealkylation sites (tertiary alicyclic amines) is 1. The van der Waals surface area contributed by atoms with Crippen LogP contribution in [-0.4, -0.2) is 34.6 Å². The number of rotatable bonds is 2. The van der Waals surface area contributed by atoms with Gasteiger partial charge in [0.05, 0.1) is 6.54 Å². The number of nitrogens with zero attached hydrogens (tertiary/aromatic N) is 1. The summed E-state index contributed by atoms with van der Waals surface area (Å²) in [6.45, 7) is 4.38. The Bertz CT molecular complexity index is 153. The molecule has 1 aliphatic heterocycles. The van der Waals surface area contributed by atoms with Crippen molar-refractivity contribution in [3.63, 3.8) is 0 Å². The average molecular weight is 194 g/mol. The second-order valence-electron chi connectivity index (χ2n) is 3.34. The van der Waals surface area contributed by atoms with E-state index in [4.69, 9.17) is 5.11 Å². The van der Waals surface area contributed by atoms with Gasteiger partial charge in [0.2, 0.25) is 0 Å². The topological polar surface area (TPSA) is 40.5 Å². The Morgan fingerprint density at radius 1 is 1.42 bits per heavy atom. The van der Waals surface area contributed by atoms with E-state index in [1.165, 1.54) is 0 Å². The molecule has 0 bridgehead atoms. The van der Waals surface area contributed by atoms with E-state index in [2.05, 4.69) is 13.8 Å². The van der Waals surface area contributed by atoms with E-state index in [0.717, 1.165) is 12.8 Å². The summed E-state index contributed by atoms with van der Waals surface area (Å²) >= 11 is 0. The standard InChI is InChI=1S/C8H15NO2.ClH/c1-6-3-4-7(2)9(6)5-8(10)11;/h6-7H,3-5H2,1-2H3,(H,10,11);1H. The Morgan fingerprint density at radius 3 is 2.17 bits per heavy atom. The lowest BCUT2D eigenvalue weighted by Gasteiger charge is -2.23. The second-order valence-corrected chi connectivity index (χ2v) is 3.34. The summed E-state index contributed by atoms with van der Waals surface area (Å²) in [5.41, 5.74) is 0. The zero-order valence-corrected chi connectivity index (χ0v) is 8.30. The van der Waals surface area contributed by atoms with Gasteiger partial charge >= 0.3 is 5.97 Å². The molecule has 0 spiro atoms. The first-order valence-corrected chi connectivity index (χ1v) is 4.09. The van der Waals surface area contributed by atoms with Crippen molar-refractivity contribution in [1.82, 2.24) is 4.90 Å². The minimum atomic E-state index is -0.717. The monoisotopic (exact) mass is 193 g/mol. The number of aliphatic carboxylic acids is 1. The zero-order chi connectivity index (χ0) is 8.43. The molecule has 2 unspecified atom stereocenters. The van der Waals surface area contributed by atoms with Gasteiger partial charge in [-0.3, -0.25) is 9.69 Å². The minimum absolute atomic E-state index is 0. The summed E-state index contributed by atoms with van der Waals surface area (Å²) in [4.78, 5) is 12.4. The number of hydrogen-bond donors (Lipinski definition) is 1. The number of carboxylic acid groups (broad SMARTS) is 1. The Hall–Kier alpha value is -0.280. The molecule has 1 aliphatic rings. The first-order chi connectivity index (χ1) is 5.11. The highest BCUT2D eigenvalue weighted by molar-refractivity contribution is 5.85. The molecule has 1 N–H and O–H groups in total. The molecule has 4 heteroatoms. The summed E-state index contributed by atoms with van der Waals surface area (Å²) < 4.78 is 0. The highest BCUT2D eigenvalue weighted by Crippen LogP contribution is 2.22. The largest absolute Gasteiger partial charge is 0.480 e. The van der Waals surface area contributed by atoms with E-state index in [0.29, 0.717) is 12.1 Å². The van der Waals surface area contributed by atoms with Gasteiger partial charge in [-0.1, -0.05) is 0 Å². The minimum Gasteiger partial charge on any atom is -0.480 e. The van der Waals surface area contributed by atoms with Gasteiger partial charge in [-0.05, 0) is 26.7 Å². The van der Waals surface area contributed by atoms with Gasteiger partial charge in [-0.25, -0.2) is 0 Å². The lowest BCUT2D eigenvalue weighted by Crippen LogP contribution is -2.37. The molecule has 3 nitrogen and oxygen atoms in total. The quantitative estimate of drug-likeness (QED) is 0.720. The molecule has 0 amide bonds. The fraction of sp³-hybridized carbons (Fsp3) is 0.875. The lowest BCUT2D eigenvalue weighted by molar-refractivity contribution is -0.138. The van der Waals surface area contributed by atoms with Gasteiger partial charge in [0.25, 0.3) is 0 Å². The SMILES string of the molecule is CC1CCC(C)N1CC(=O)O.Cl. The van der Waals surface area contributed by atoms with Crippen LogP contribution in [0.2, 0.25) is 0 Å². The summed E-state index contributed by atoms with van der Waals surface area (Å²) in [7, 11) is 0. The maximum Gasteiger partial charge on any atom is 0.317 e. The van der Waals surface area contributed by atoms with Crippen LogP contribution in [0, 0.1) is 0 Å². The highest BCUT2D eigenvalue weighted by Gasteiger charge is 2.28. The average Bonchev–Trinajstić information content (AvgIpc) is 2.18. The van der Waals surface area contributed by atoms with Crippen LogP contribution in [-0.2, 0) is 4.79 Å². The van der Waals surface area contributed by atoms with Gasteiger partial charge in [0.15, 0.2) is 0 Å². The summed E-state index contributed by atoms with van der Waals surface area (Å²) in [6, 6.07) is 0.891. The molecule has 0 saturated carbocycles. The molecule has 1 saturated heterocycles. The molecular formula is C8H16ClNO2. The van der Waals surface area contributed by atoms with Crippen molar-refractivity contribution in [3.05, 3.63) is 0 Å². The number of halogens is 1. The highest BCUT2D eigenvalue weighted by atomic mass is 35.5. The Balaban J connectivity index is 0.00000121. The summed E-state index contributed by atoms with van der Waals surface area (Å²) in [5.74, 6) is -0.717. The molecule has 0 aromatic rings. The zero-order valence-electron chi connectivity index (χ0n) is 7.49. The number of carbonyl (C=O) groups is 1. The van der Waals surface area contributed by atoms with Crippen molar-refractivity contribution in [1.29, 1.82) is 0 Å². The molecule has 1 heterocycles. The molecule has 2 atom stereocenters. The molecule has 1 fully saturated rings. The number of carboxylic acids is 1. The number of hydrogen-bond acceptors (Lipinski definition) is 2. The Labute approximate surface area is 79.2 Å². The molecule has 0 radical (unpaired) electrons. The van der Waals surface area contributed by atoms with E-state index in [1.54, 1.807) is 0 Å². The first-order valence-electron chi connectivity index (χ1n) is 4.09. The van der Waals surface area contributed by atoms with Crippen molar-refractivity contribution < 1.29 is 9.90 Å². The summed E-state index contributed by atoms with van der Waals surface area (Å²) in [6.07, 6.45) is 2.27. The van der Waals surface area contributed by atoms with Crippen molar-refractivity contribution >= 4 is 18.4 Å². The molecule has 0 aromatic heterocycles. The Kier molecular flexibility index (Phi) is 4.57. The molecular weight excluding hydrogens is 178 g/mol. The van der Waals surface area contributed by atoms with E-state index in [-0.39, 0.29) is 19.0 Å². The maximum atomic E-state index is 10.4. The van der Waals surface area contributed by atoms with Crippen LogP contribution in [0.5, 0.6) is 0 Å².